The number of hydrogen-bond donors (Lipinski definition) is 1. The molecule has 1 aliphatic rings. The Morgan fingerprint density at radius 1 is 0.760 bits per heavy atom. The maximum atomic E-state index is 8.71. The average molecular weight is 340 g/mol. The second-order valence-electron chi connectivity index (χ2n) is 6.52. The fraction of sp³-hybridized carbons (Fsp3) is 0.429. The highest BCUT2D eigenvalue weighted by Gasteiger charge is 2.16. The minimum atomic E-state index is 0.108. The first kappa shape index (κ1) is 18.1. The molecule has 4 nitrogen and oxygen atoms in total. The minimum absolute atomic E-state index is 0.108. The zero-order valence-electron chi connectivity index (χ0n) is 14.8. The van der Waals surface area contributed by atoms with E-state index in [1.54, 1.807) is 0 Å². The molecule has 0 aliphatic carbocycles. The quantitative estimate of drug-likeness (QED) is 0.749. The van der Waals surface area contributed by atoms with Gasteiger partial charge in [-0.15, -0.1) is 0 Å². The van der Waals surface area contributed by atoms with Gasteiger partial charge in [0.2, 0.25) is 0 Å². The second-order valence-corrected chi connectivity index (χ2v) is 6.52. The summed E-state index contributed by atoms with van der Waals surface area (Å²) in [6.07, 6.45) is 0. The van der Waals surface area contributed by atoms with Crippen molar-refractivity contribution in [2.24, 2.45) is 0 Å². The molecule has 1 aliphatic heterocycles. The number of aliphatic hydroxyl groups excluding tert-OH is 1. The lowest BCUT2D eigenvalue weighted by Crippen LogP contribution is -2.46. The van der Waals surface area contributed by atoms with Crippen molar-refractivity contribution < 1.29 is 9.84 Å². The van der Waals surface area contributed by atoms with Crippen molar-refractivity contribution in [2.45, 2.75) is 6.54 Å². The van der Waals surface area contributed by atoms with Crippen LogP contribution in [0, 0.1) is 0 Å². The molecule has 2 aromatic rings. The van der Waals surface area contributed by atoms with E-state index in [0.29, 0.717) is 13.2 Å². The fourth-order valence-corrected chi connectivity index (χ4v) is 3.22. The van der Waals surface area contributed by atoms with Gasteiger partial charge in [-0.05, 0) is 16.7 Å². The van der Waals surface area contributed by atoms with Crippen LogP contribution in [0.3, 0.4) is 0 Å². The SMILES string of the molecule is OCCOCCN1CCN(Cc2ccc(-c3ccccc3)cc2)CC1. The summed E-state index contributed by atoms with van der Waals surface area (Å²) >= 11 is 0. The summed E-state index contributed by atoms with van der Waals surface area (Å²) in [5, 5.41) is 8.71. The first-order valence-electron chi connectivity index (χ1n) is 9.13. The molecule has 0 spiro atoms. The van der Waals surface area contributed by atoms with E-state index in [-0.39, 0.29) is 6.61 Å². The maximum absolute atomic E-state index is 8.71. The van der Waals surface area contributed by atoms with Gasteiger partial charge in [-0.25, -0.2) is 0 Å². The highest BCUT2D eigenvalue weighted by atomic mass is 16.5. The van der Waals surface area contributed by atoms with Crippen LogP contribution < -0.4 is 0 Å². The Bertz CT molecular complexity index is 608. The predicted octanol–water partition coefficient (Wildman–Crippen LogP) is 2.48. The van der Waals surface area contributed by atoms with E-state index in [1.165, 1.54) is 16.7 Å². The van der Waals surface area contributed by atoms with Crippen molar-refractivity contribution in [3.8, 4) is 11.1 Å². The van der Waals surface area contributed by atoms with Gasteiger partial charge < -0.3 is 9.84 Å². The lowest BCUT2D eigenvalue weighted by molar-refractivity contribution is 0.0564. The van der Waals surface area contributed by atoms with Crippen LogP contribution in [0.5, 0.6) is 0 Å². The molecule has 0 aromatic heterocycles. The molecule has 0 amide bonds. The Kier molecular flexibility index (Phi) is 7.00. The largest absolute Gasteiger partial charge is 0.394 e. The number of hydrogen-bond acceptors (Lipinski definition) is 4. The number of ether oxygens (including phenoxy) is 1. The third kappa shape index (κ3) is 5.65. The molecule has 0 saturated carbocycles. The lowest BCUT2D eigenvalue weighted by atomic mass is 10.0. The first-order valence-corrected chi connectivity index (χ1v) is 9.13. The van der Waals surface area contributed by atoms with Gasteiger partial charge in [-0.1, -0.05) is 54.6 Å². The van der Waals surface area contributed by atoms with Crippen molar-refractivity contribution in [1.82, 2.24) is 9.80 Å². The van der Waals surface area contributed by atoms with Gasteiger partial charge in [-0.2, -0.15) is 0 Å². The lowest BCUT2D eigenvalue weighted by Gasteiger charge is -2.34. The second kappa shape index (κ2) is 9.68. The van der Waals surface area contributed by atoms with E-state index < -0.39 is 0 Å². The molecule has 1 N–H and O–H groups in total. The molecular formula is C21H28N2O2. The molecule has 25 heavy (non-hydrogen) atoms. The van der Waals surface area contributed by atoms with Crippen LogP contribution in [0.15, 0.2) is 54.6 Å². The number of benzene rings is 2. The summed E-state index contributed by atoms with van der Waals surface area (Å²) in [6.45, 7) is 7.61. The molecule has 2 aromatic carbocycles. The van der Waals surface area contributed by atoms with Crippen molar-refractivity contribution in [3.05, 3.63) is 60.2 Å². The smallest absolute Gasteiger partial charge is 0.0698 e. The van der Waals surface area contributed by atoms with Crippen molar-refractivity contribution in [2.75, 3.05) is 52.5 Å². The van der Waals surface area contributed by atoms with Crippen LogP contribution in [0.2, 0.25) is 0 Å². The van der Waals surface area contributed by atoms with Gasteiger partial charge in [0, 0.05) is 39.3 Å². The van der Waals surface area contributed by atoms with E-state index >= 15 is 0 Å². The number of nitrogens with zero attached hydrogens (tertiary/aromatic N) is 2. The summed E-state index contributed by atoms with van der Waals surface area (Å²) in [6, 6.07) is 19.5. The summed E-state index contributed by atoms with van der Waals surface area (Å²) in [7, 11) is 0. The van der Waals surface area contributed by atoms with Crippen LogP contribution >= 0.6 is 0 Å². The molecule has 4 heteroatoms. The van der Waals surface area contributed by atoms with Gasteiger partial charge in [-0.3, -0.25) is 9.80 Å². The molecule has 0 unspecified atom stereocenters. The summed E-state index contributed by atoms with van der Waals surface area (Å²) in [5.41, 5.74) is 3.92. The van der Waals surface area contributed by atoms with E-state index in [9.17, 15) is 0 Å². The molecule has 1 heterocycles. The minimum Gasteiger partial charge on any atom is -0.394 e. The summed E-state index contributed by atoms with van der Waals surface area (Å²) in [4.78, 5) is 4.95. The van der Waals surface area contributed by atoms with E-state index in [4.69, 9.17) is 9.84 Å². The molecule has 3 rings (SSSR count). The highest BCUT2D eigenvalue weighted by molar-refractivity contribution is 5.63. The third-order valence-corrected chi connectivity index (χ3v) is 4.72. The molecule has 0 radical (unpaired) electrons. The normalized spacial score (nSPS) is 16.2. The van der Waals surface area contributed by atoms with E-state index in [0.717, 1.165) is 39.3 Å². The van der Waals surface area contributed by atoms with Crippen LogP contribution in [0.1, 0.15) is 5.56 Å². The number of piperazine rings is 1. The van der Waals surface area contributed by atoms with E-state index in [1.807, 2.05) is 0 Å². The molecule has 0 bridgehead atoms. The topological polar surface area (TPSA) is 35.9 Å². The monoisotopic (exact) mass is 340 g/mol. The number of aliphatic hydroxyl groups is 1. The number of rotatable bonds is 8. The summed E-state index contributed by atoms with van der Waals surface area (Å²) in [5.74, 6) is 0. The third-order valence-electron chi connectivity index (χ3n) is 4.72. The molecule has 134 valence electrons. The molecule has 1 saturated heterocycles. The van der Waals surface area contributed by atoms with Gasteiger partial charge in [0.1, 0.15) is 0 Å². The Labute approximate surface area is 150 Å². The molecule has 0 atom stereocenters. The van der Waals surface area contributed by atoms with E-state index in [2.05, 4.69) is 64.4 Å². The predicted molar refractivity (Wildman–Crippen MR) is 101 cm³/mol. The van der Waals surface area contributed by atoms with Crippen LogP contribution in [0.4, 0.5) is 0 Å². The van der Waals surface area contributed by atoms with Crippen molar-refractivity contribution in [1.29, 1.82) is 0 Å². The fourth-order valence-electron chi connectivity index (χ4n) is 3.22. The molecule has 1 fully saturated rings. The van der Waals surface area contributed by atoms with Gasteiger partial charge in [0.05, 0.1) is 19.8 Å². The van der Waals surface area contributed by atoms with Crippen LogP contribution in [-0.2, 0) is 11.3 Å². The van der Waals surface area contributed by atoms with Crippen molar-refractivity contribution in [3.63, 3.8) is 0 Å². The Balaban J connectivity index is 1.43. The summed E-state index contributed by atoms with van der Waals surface area (Å²) < 4.78 is 5.35. The Hall–Kier alpha value is -1.72. The maximum Gasteiger partial charge on any atom is 0.0698 e. The zero-order chi connectivity index (χ0) is 17.3. The van der Waals surface area contributed by atoms with Crippen LogP contribution in [0.25, 0.3) is 11.1 Å². The average Bonchev–Trinajstić information content (AvgIpc) is 2.68. The van der Waals surface area contributed by atoms with Gasteiger partial charge in [0.15, 0.2) is 0 Å². The Morgan fingerprint density at radius 3 is 2.08 bits per heavy atom. The first-order chi connectivity index (χ1) is 12.3. The highest BCUT2D eigenvalue weighted by Crippen LogP contribution is 2.20. The van der Waals surface area contributed by atoms with Gasteiger partial charge >= 0.3 is 0 Å². The van der Waals surface area contributed by atoms with Gasteiger partial charge in [0.25, 0.3) is 0 Å². The zero-order valence-corrected chi connectivity index (χ0v) is 14.8. The Morgan fingerprint density at radius 2 is 1.40 bits per heavy atom. The standard InChI is InChI=1S/C21H28N2O2/c24-15-17-25-16-14-22-10-12-23(13-11-22)18-19-6-8-21(9-7-19)20-4-2-1-3-5-20/h1-9,24H,10-18H2. The van der Waals surface area contributed by atoms with Crippen LogP contribution in [-0.4, -0.2) is 67.5 Å². The molecular weight excluding hydrogens is 312 g/mol. The van der Waals surface area contributed by atoms with Crippen molar-refractivity contribution >= 4 is 0 Å².